The molecule has 1 N–H and O–H groups in total. The number of amides is 1. The van der Waals surface area contributed by atoms with Gasteiger partial charge in [-0.05, 0) is 25.8 Å². The number of nitrogens with one attached hydrogen (secondary N) is 1. The first-order valence-electron chi connectivity index (χ1n) is 6.09. The maximum atomic E-state index is 12.4. The Hall–Kier alpha value is -1.10. The number of likely N-dealkylation sites (N-methyl/N-ethyl adjacent to an activating group) is 1. The smallest absolute Gasteiger partial charge is 0.325 e. The van der Waals surface area contributed by atoms with E-state index in [2.05, 4.69) is 10.1 Å². The Morgan fingerprint density at radius 2 is 2.18 bits per heavy atom. The van der Waals surface area contributed by atoms with E-state index in [1.807, 2.05) is 6.92 Å². The molecule has 0 aliphatic carbocycles. The summed E-state index contributed by atoms with van der Waals surface area (Å²) in [6, 6.07) is 0. The molecule has 1 amide bonds. The Balaban J connectivity index is 2.67. The summed E-state index contributed by atoms with van der Waals surface area (Å²) in [5.41, 5.74) is -0.346. The molecule has 0 radical (unpaired) electrons. The van der Waals surface area contributed by atoms with E-state index in [0.29, 0.717) is 6.54 Å². The van der Waals surface area contributed by atoms with Gasteiger partial charge in [0.05, 0.1) is 12.5 Å². The van der Waals surface area contributed by atoms with Crippen molar-refractivity contribution in [2.45, 2.75) is 26.2 Å². The molecule has 1 atom stereocenters. The zero-order chi connectivity index (χ0) is 12.9. The van der Waals surface area contributed by atoms with Gasteiger partial charge in [0, 0.05) is 13.6 Å². The van der Waals surface area contributed by atoms with Crippen LogP contribution in [-0.4, -0.2) is 50.6 Å². The SMILES string of the molecule is CCC1(C(=O)N(C)CC(=O)OC)CCCNC1. The van der Waals surface area contributed by atoms with Crippen LogP contribution >= 0.6 is 0 Å². The first kappa shape index (κ1) is 14.0. The van der Waals surface area contributed by atoms with Gasteiger partial charge in [0.15, 0.2) is 0 Å². The van der Waals surface area contributed by atoms with Crippen molar-refractivity contribution in [1.29, 1.82) is 0 Å². The van der Waals surface area contributed by atoms with Gasteiger partial charge in [-0.2, -0.15) is 0 Å². The van der Waals surface area contributed by atoms with Crippen LogP contribution in [0.3, 0.4) is 0 Å². The molecular formula is C12H22N2O3. The van der Waals surface area contributed by atoms with Crippen molar-refractivity contribution in [2.75, 3.05) is 33.8 Å². The molecule has 1 fully saturated rings. The van der Waals surface area contributed by atoms with Crippen molar-refractivity contribution in [3.05, 3.63) is 0 Å². The fraction of sp³-hybridized carbons (Fsp3) is 0.833. The average molecular weight is 242 g/mol. The van der Waals surface area contributed by atoms with Gasteiger partial charge in [0.2, 0.25) is 5.91 Å². The van der Waals surface area contributed by atoms with E-state index in [1.54, 1.807) is 7.05 Å². The van der Waals surface area contributed by atoms with Crippen LogP contribution in [0.2, 0.25) is 0 Å². The number of carbonyl (C=O) groups is 2. The van der Waals surface area contributed by atoms with E-state index in [1.165, 1.54) is 12.0 Å². The minimum atomic E-state index is -0.379. The Kier molecular flexibility index (Phi) is 4.93. The zero-order valence-electron chi connectivity index (χ0n) is 10.9. The van der Waals surface area contributed by atoms with E-state index in [9.17, 15) is 9.59 Å². The number of ether oxygens (including phenoxy) is 1. The molecule has 0 aromatic rings. The molecule has 5 nitrogen and oxygen atoms in total. The Labute approximate surface area is 102 Å². The summed E-state index contributed by atoms with van der Waals surface area (Å²) >= 11 is 0. The molecule has 98 valence electrons. The first-order chi connectivity index (χ1) is 8.05. The molecule has 1 saturated heterocycles. The number of hydrogen-bond donors (Lipinski definition) is 1. The van der Waals surface area contributed by atoms with E-state index < -0.39 is 0 Å². The van der Waals surface area contributed by atoms with E-state index >= 15 is 0 Å². The highest BCUT2D eigenvalue weighted by molar-refractivity contribution is 5.86. The maximum Gasteiger partial charge on any atom is 0.325 e. The molecule has 0 aromatic carbocycles. The lowest BCUT2D eigenvalue weighted by Gasteiger charge is -2.38. The van der Waals surface area contributed by atoms with Gasteiger partial charge in [-0.15, -0.1) is 0 Å². The largest absolute Gasteiger partial charge is 0.468 e. The molecule has 1 aliphatic rings. The van der Waals surface area contributed by atoms with Gasteiger partial charge >= 0.3 is 5.97 Å². The van der Waals surface area contributed by atoms with Crippen LogP contribution in [0.15, 0.2) is 0 Å². The number of esters is 1. The van der Waals surface area contributed by atoms with Crippen molar-refractivity contribution >= 4 is 11.9 Å². The van der Waals surface area contributed by atoms with Crippen molar-refractivity contribution in [1.82, 2.24) is 10.2 Å². The lowest BCUT2D eigenvalue weighted by Crippen LogP contribution is -2.51. The third-order valence-electron chi connectivity index (χ3n) is 3.54. The molecule has 1 unspecified atom stereocenters. The lowest BCUT2D eigenvalue weighted by molar-refractivity contribution is -0.151. The van der Waals surface area contributed by atoms with Crippen LogP contribution in [0.25, 0.3) is 0 Å². The summed E-state index contributed by atoms with van der Waals surface area (Å²) < 4.78 is 4.58. The number of piperidine rings is 1. The highest BCUT2D eigenvalue weighted by Crippen LogP contribution is 2.31. The lowest BCUT2D eigenvalue weighted by atomic mass is 9.77. The molecule has 1 aliphatic heterocycles. The molecule has 5 heteroatoms. The number of nitrogens with zero attached hydrogens (tertiary/aromatic N) is 1. The second-order valence-electron chi connectivity index (χ2n) is 4.65. The Bertz CT molecular complexity index is 285. The third kappa shape index (κ3) is 3.19. The van der Waals surface area contributed by atoms with Gasteiger partial charge in [0.25, 0.3) is 0 Å². The minimum Gasteiger partial charge on any atom is -0.468 e. The predicted octanol–water partition coefficient (Wildman–Crippen LogP) is 0.398. The second kappa shape index (κ2) is 6.00. The van der Waals surface area contributed by atoms with Gasteiger partial charge in [-0.1, -0.05) is 6.92 Å². The first-order valence-corrected chi connectivity index (χ1v) is 6.09. The number of carbonyl (C=O) groups excluding carboxylic acids is 2. The monoisotopic (exact) mass is 242 g/mol. The van der Waals surface area contributed by atoms with Crippen molar-refractivity contribution in [2.24, 2.45) is 5.41 Å². The minimum absolute atomic E-state index is 0.0249. The van der Waals surface area contributed by atoms with E-state index in [-0.39, 0.29) is 23.8 Å². The van der Waals surface area contributed by atoms with Gasteiger partial charge in [-0.25, -0.2) is 0 Å². The summed E-state index contributed by atoms with van der Waals surface area (Å²) in [6.07, 6.45) is 2.69. The Morgan fingerprint density at radius 3 is 2.65 bits per heavy atom. The maximum absolute atomic E-state index is 12.4. The van der Waals surface area contributed by atoms with Crippen molar-refractivity contribution in [3.63, 3.8) is 0 Å². The van der Waals surface area contributed by atoms with E-state index in [4.69, 9.17) is 0 Å². The summed E-state index contributed by atoms with van der Waals surface area (Å²) in [7, 11) is 2.99. The summed E-state index contributed by atoms with van der Waals surface area (Å²) in [5, 5.41) is 3.27. The quantitative estimate of drug-likeness (QED) is 0.725. The van der Waals surface area contributed by atoms with Crippen molar-refractivity contribution < 1.29 is 14.3 Å². The molecule has 0 aromatic heterocycles. The van der Waals surface area contributed by atoms with Crippen LogP contribution in [0.5, 0.6) is 0 Å². The van der Waals surface area contributed by atoms with Crippen LogP contribution in [0, 0.1) is 5.41 Å². The average Bonchev–Trinajstić information content (AvgIpc) is 2.38. The topological polar surface area (TPSA) is 58.6 Å². The predicted molar refractivity (Wildman–Crippen MR) is 64.5 cm³/mol. The molecule has 0 bridgehead atoms. The molecule has 0 saturated carbocycles. The second-order valence-corrected chi connectivity index (χ2v) is 4.65. The fourth-order valence-electron chi connectivity index (χ4n) is 2.34. The summed E-state index contributed by atoms with van der Waals surface area (Å²) in [4.78, 5) is 25.0. The Morgan fingerprint density at radius 1 is 1.47 bits per heavy atom. The van der Waals surface area contributed by atoms with Crippen LogP contribution in [0.1, 0.15) is 26.2 Å². The van der Waals surface area contributed by atoms with Gasteiger partial charge < -0.3 is 15.0 Å². The van der Waals surface area contributed by atoms with Crippen LogP contribution < -0.4 is 5.32 Å². The van der Waals surface area contributed by atoms with Crippen molar-refractivity contribution in [3.8, 4) is 0 Å². The summed E-state index contributed by atoms with van der Waals surface area (Å²) in [5.74, 6) is -0.339. The molecule has 1 rings (SSSR count). The van der Waals surface area contributed by atoms with Crippen LogP contribution in [-0.2, 0) is 14.3 Å². The van der Waals surface area contributed by atoms with Gasteiger partial charge in [0.1, 0.15) is 6.54 Å². The van der Waals surface area contributed by atoms with E-state index in [0.717, 1.165) is 25.8 Å². The molecule has 0 spiro atoms. The molecule has 17 heavy (non-hydrogen) atoms. The molecular weight excluding hydrogens is 220 g/mol. The normalized spacial score (nSPS) is 24.2. The summed E-state index contributed by atoms with van der Waals surface area (Å²) in [6.45, 7) is 3.72. The highest BCUT2D eigenvalue weighted by Gasteiger charge is 2.39. The number of methoxy groups -OCH3 is 1. The molecule has 1 heterocycles. The highest BCUT2D eigenvalue weighted by atomic mass is 16.5. The van der Waals surface area contributed by atoms with Crippen LogP contribution in [0.4, 0.5) is 0 Å². The third-order valence-corrected chi connectivity index (χ3v) is 3.54. The zero-order valence-corrected chi connectivity index (χ0v) is 10.9. The van der Waals surface area contributed by atoms with Gasteiger partial charge in [-0.3, -0.25) is 9.59 Å². The number of rotatable bonds is 4. The number of hydrogen-bond acceptors (Lipinski definition) is 4. The standard InChI is InChI=1S/C12H22N2O3/c1-4-12(6-5-7-13-9-12)11(16)14(2)8-10(15)17-3/h13H,4-9H2,1-3H3. The fourth-order valence-corrected chi connectivity index (χ4v) is 2.34.